The molecule has 1 saturated heterocycles. The van der Waals surface area contributed by atoms with Crippen LogP contribution in [-0.2, 0) is 30.5 Å². The number of hydrogen-bond acceptors (Lipinski definition) is 7. The van der Waals surface area contributed by atoms with Gasteiger partial charge in [0.05, 0.1) is 34.1 Å². The second kappa shape index (κ2) is 11.7. The molecule has 0 saturated carbocycles. The minimum absolute atomic E-state index is 0.0673. The highest BCUT2D eigenvalue weighted by Crippen LogP contribution is 2.34. The predicted molar refractivity (Wildman–Crippen MR) is 153 cm³/mol. The Labute approximate surface area is 245 Å². The van der Waals surface area contributed by atoms with Gasteiger partial charge >= 0.3 is 6.18 Å². The van der Waals surface area contributed by atoms with Crippen LogP contribution in [-0.4, -0.2) is 74.0 Å². The molecule has 0 spiro atoms. The van der Waals surface area contributed by atoms with Crippen LogP contribution in [0.15, 0.2) is 48.5 Å². The second-order valence-electron chi connectivity index (χ2n) is 10.9. The van der Waals surface area contributed by atoms with E-state index in [0.29, 0.717) is 42.5 Å². The molecule has 1 amide bonds. The zero-order valence-electron chi connectivity index (χ0n) is 23.2. The van der Waals surface area contributed by atoms with E-state index < -0.39 is 17.8 Å². The van der Waals surface area contributed by atoms with Crippen molar-refractivity contribution in [3.63, 3.8) is 0 Å². The smallest absolute Gasteiger partial charge is 0.416 e. The number of halogens is 3. The van der Waals surface area contributed by atoms with Gasteiger partial charge in [0.1, 0.15) is 6.10 Å². The zero-order valence-corrected chi connectivity index (χ0v) is 24.0. The van der Waals surface area contributed by atoms with E-state index >= 15 is 0 Å². The number of β-amino-alcohol motifs (C(OH)–C–C–N with tert-alkyl or cyclic N) is 1. The first kappa shape index (κ1) is 28.6. The Morgan fingerprint density at radius 2 is 1.83 bits per heavy atom. The molecule has 1 N–H and O–H groups in total. The maximum atomic E-state index is 13.1. The van der Waals surface area contributed by atoms with E-state index in [1.807, 2.05) is 24.3 Å². The normalized spacial score (nSPS) is 17.4. The first-order valence-corrected chi connectivity index (χ1v) is 14.9. The molecule has 2 aliphatic heterocycles. The number of para-hydroxylation sites is 1. The number of thiazole rings is 1. The number of nitrogens with zero attached hydrogens (tertiary/aromatic N) is 5. The summed E-state index contributed by atoms with van der Waals surface area (Å²) in [5, 5.41) is 16.5. The molecule has 0 aliphatic carbocycles. The molecule has 4 aromatic rings. The molecule has 0 radical (unpaired) electrons. The molecule has 12 heteroatoms. The Morgan fingerprint density at radius 3 is 2.52 bits per heavy atom. The van der Waals surface area contributed by atoms with Gasteiger partial charge < -0.3 is 19.6 Å². The van der Waals surface area contributed by atoms with Crippen molar-refractivity contribution in [2.75, 3.05) is 26.2 Å². The van der Waals surface area contributed by atoms with E-state index in [-0.39, 0.29) is 18.6 Å². The van der Waals surface area contributed by atoms with Gasteiger partial charge in [-0.15, -0.1) is 0 Å². The van der Waals surface area contributed by atoms with Crippen LogP contribution >= 0.6 is 11.3 Å². The summed E-state index contributed by atoms with van der Waals surface area (Å²) in [6.45, 7) is 4.66. The lowest BCUT2D eigenvalue weighted by Gasteiger charge is -2.33. The van der Waals surface area contributed by atoms with E-state index in [0.717, 1.165) is 59.5 Å². The summed E-state index contributed by atoms with van der Waals surface area (Å²) in [4.78, 5) is 20.6. The molecule has 1 unspecified atom stereocenters. The monoisotopic (exact) mass is 599 g/mol. The van der Waals surface area contributed by atoms with Crippen LogP contribution in [0.1, 0.15) is 36.6 Å². The quantitative estimate of drug-likeness (QED) is 0.323. The van der Waals surface area contributed by atoms with Crippen LogP contribution in [0.4, 0.5) is 13.2 Å². The van der Waals surface area contributed by atoms with Crippen molar-refractivity contribution < 1.29 is 27.8 Å². The van der Waals surface area contributed by atoms with E-state index in [2.05, 4.69) is 9.88 Å². The molecule has 1 fully saturated rings. The van der Waals surface area contributed by atoms with Gasteiger partial charge in [0.2, 0.25) is 5.91 Å². The van der Waals surface area contributed by atoms with Crippen molar-refractivity contribution in [3.8, 4) is 16.5 Å². The number of carbonyl (C=O) groups is 1. The first-order valence-electron chi connectivity index (χ1n) is 14.1. The topological polar surface area (TPSA) is 83.7 Å². The number of benzene rings is 2. The molecule has 1 atom stereocenters. The lowest BCUT2D eigenvalue weighted by molar-refractivity contribution is -0.137. The molecule has 2 aromatic heterocycles. The van der Waals surface area contributed by atoms with Crippen molar-refractivity contribution >= 4 is 27.5 Å². The molecule has 222 valence electrons. The highest BCUT2D eigenvalue weighted by molar-refractivity contribution is 7.20. The maximum Gasteiger partial charge on any atom is 0.416 e. The number of piperidine rings is 1. The zero-order chi connectivity index (χ0) is 29.4. The number of rotatable bonds is 7. The average Bonchev–Trinajstić information content (AvgIpc) is 3.54. The van der Waals surface area contributed by atoms with Crippen LogP contribution in [0.5, 0.6) is 5.19 Å². The molecule has 42 heavy (non-hydrogen) atoms. The van der Waals surface area contributed by atoms with Crippen LogP contribution in [0.2, 0.25) is 0 Å². The SMILES string of the molecule is CC(=O)N1CCc2c(c(-c3ccc(C(F)(F)F)cc3)nn2CC(O)CN2CCC(Oc3nc4ccccc4s3)CC2)C1. The number of carbonyl (C=O) groups excluding carboxylic acids is 1. The third kappa shape index (κ3) is 6.16. The molecular formula is C30H32F3N5O3S. The number of aliphatic hydroxyl groups is 1. The third-order valence-corrected chi connectivity index (χ3v) is 8.92. The Kier molecular flexibility index (Phi) is 7.95. The van der Waals surface area contributed by atoms with Gasteiger partial charge in [-0.1, -0.05) is 35.6 Å². The minimum atomic E-state index is -4.43. The maximum absolute atomic E-state index is 13.1. The summed E-state index contributed by atoms with van der Waals surface area (Å²) in [6.07, 6.45) is -2.82. The molecule has 8 nitrogen and oxygen atoms in total. The summed E-state index contributed by atoms with van der Waals surface area (Å²) in [6, 6.07) is 12.9. The molecule has 2 aliphatic rings. The Hall–Kier alpha value is -3.48. The van der Waals surface area contributed by atoms with Crippen molar-refractivity contribution in [1.29, 1.82) is 0 Å². The number of likely N-dealkylation sites (tertiary alicyclic amines) is 1. The summed E-state index contributed by atoms with van der Waals surface area (Å²) in [5.41, 5.74) is 3.03. The lowest BCUT2D eigenvalue weighted by Crippen LogP contribution is -2.43. The fraction of sp³-hybridized carbons (Fsp3) is 0.433. The average molecular weight is 600 g/mol. The number of alkyl halides is 3. The van der Waals surface area contributed by atoms with Crippen molar-refractivity contribution in [2.45, 2.75) is 57.7 Å². The minimum Gasteiger partial charge on any atom is -0.467 e. The van der Waals surface area contributed by atoms with E-state index in [1.54, 1.807) is 20.9 Å². The van der Waals surface area contributed by atoms with Gasteiger partial charge in [-0.3, -0.25) is 9.48 Å². The van der Waals surface area contributed by atoms with Crippen LogP contribution in [0, 0.1) is 0 Å². The lowest BCUT2D eigenvalue weighted by atomic mass is 10.00. The first-order chi connectivity index (χ1) is 20.1. The van der Waals surface area contributed by atoms with E-state index in [1.165, 1.54) is 19.1 Å². The molecule has 0 bridgehead atoms. The number of ether oxygens (including phenoxy) is 1. The van der Waals surface area contributed by atoms with E-state index in [9.17, 15) is 23.1 Å². The number of fused-ring (bicyclic) bond motifs is 2. The highest BCUT2D eigenvalue weighted by atomic mass is 32.1. The van der Waals surface area contributed by atoms with Gasteiger partial charge in [-0.05, 0) is 37.1 Å². The standard InChI is InChI=1S/C30H32F3N5O3S/c1-19(39)37-15-12-26-24(18-37)28(20-6-8-21(9-7-20)30(31,32)33)35-38(26)17-22(40)16-36-13-10-23(11-14-36)41-29-34-25-4-2-3-5-27(25)42-29/h2-9,22-23,40H,10-18H2,1H3. The molecule has 6 rings (SSSR count). The number of aliphatic hydroxyl groups excluding tert-OH is 1. The van der Waals surface area contributed by atoms with Crippen LogP contribution in [0.3, 0.4) is 0 Å². The largest absolute Gasteiger partial charge is 0.467 e. The summed E-state index contributed by atoms with van der Waals surface area (Å²) in [5.74, 6) is -0.0673. The van der Waals surface area contributed by atoms with Gasteiger partial charge in [-0.2, -0.15) is 18.3 Å². The molecular weight excluding hydrogens is 567 g/mol. The van der Waals surface area contributed by atoms with Crippen molar-refractivity contribution in [3.05, 3.63) is 65.4 Å². The molecule has 4 heterocycles. The van der Waals surface area contributed by atoms with Gasteiger partial charge in [-0.25, -0.2) is 4.98 Å². The number of hydrogen-bond donors (Lipinski definition) is 1. The summed E-state index contributed by atoms with van der Waals surface area (Å²) in [7, 11) is 0. The second-order valence-corrected chi connectivity index (χ2v) is 11.9. The summed E-state index contributed by atoms with van der Waals surface area (Å²) < 4.78 is 48.4. The van der Waals surface area contributed by atoms with Gasteiger partial charge in [0.25, 0.3) is 5.19 Å². The molecule has 2 aromatic carbocycles. The Balaban J connectivity index is 1.11. The van der Waals surface area contributed by atoms with Gasteiger partial charge in [0.15, 0.2) is 0 Å². The van der Waals surface area contributed by atoms with Gasteiger partial charge in [0, 0.05) is 62.9 Å². The predicted octanol–water partition coefficient (Wildman–Crippen LogP) is 4.99. The number of amides is 1. The third-order valence-electron chi connectivity index (χ3n) is 7.99. The van der Waals surface area contributed by atoms with Crippen LogP contribution in [0.25, 0.3) is 21.5 Å². The number of aromatic nitrogens is 3. The van der Waals surface area contributed by atoms with E-state index in [4.69, 9.17) is 9.84 Å². The Bertz CT molecular complexity index is 1530. The fourth-order valence-electron chi connectivity index (χ4n) is 5.77. The van der Waals surface area contributed by atoms with Crippen molar-refractivity contribution in [2.24, 2.45) is 0 Å². The summed E-state index contributed by atoms with van der Waals surface area (Å²) >= 11 is 1.55. The highest BCUT2D eigenvalue weighted by Gasteiger charge is 2.32. The van der Waals surface area contributed by atoms with Crippen molar-refractivity contribution in [1.82, 2.24) is 24.6 Å². The fourth-order valence-corrected chi connectivity index (χ4v) is 6.65. The Morgan fingerprint density at radius 1 is 1.10 bits per heavy atom. The van der Waals surface area contributed by atoms with Crippen LogP contribution < -0.4 is 4.74 Å².